The highest BCUT2D eigenvalue weighted by Gasteiger charge is 2.23. The molecule has 1 saturated carbocycles. The molecule has 4 nitrogen and oxygen atoms in total. The summed E-state index contributed by atoms with van der Waals surface area (Å²) in [4.78, 5) is 0. The van der Waals surface area contributed by atoms with Gasteiger partial charge >= 0.3 is 0 Å². The number of nitrogens with one attached hydrogen (secondary N) is 1. The van der Waals surface area contributed by atoms with Crippen molar-refractivity contribution in [2.75, 3.05) is 13.7 Å². The molecule has 1 aliphatic carbocycles. The minimum Gasteiger partial charge on any atom is -0.507 e. The Morgan fingerprint density at radius 2 is 2.21 bits per heavy atom. The van der Waals surface area contributed by atoms with E-state index in [4.69, 9.17) is 4.74 Å². The van der Waals surface area contributed by atoms with E-state index in [1.165, 1.54) is 0 Å². The first kappa shape index (κ1) is 14.2. The maximum atomic E-state index is 9.97. The minimum atomic E-state index is -0.128. The van der Waals surface area contributed by atoms with Gasteiger partial charge in [-0.05, 0) is 44.7 Å². The third-order valence-corrected chi connectivity index (χ3v) is 3.93. The van der Waals surface area contributed by atoms with Gasteiger partial charge in [0.15, 0.2) is 0 Å². The lowest BCUT2D eigenvalue weighted by molar-refractivity contribution is 0.177. The van der Waals surface area contributed by atoms with Gasteiger partial charge in [0.05, 0.1) is 13.2 Å². The Bertz CT molecular complexity index is 422. The predicted molar refractivity (Wildman–Crippen MR) is 74.4 cm³/mol. The van der Waals surface area contributed by atoms with Gasteiger partial charge in [-0.15, -0.1) is 0 Å². The van der Waals surface area contributed by atoms with Crippen molar-refractivity contribution in [3.63, 3.8) is 0 Å². The van der Waals surface area contributed by atoms with Gasteiger partial charge in [-0.2, -0.15) is 0 Å². The van der Waals surface area contributed by atoms with E-state index in [9.17, 15) is 10.2 Å². The largest absolute Gasteiger partial charge is 0.507 e. The Labute approximate surface area is 114 Å². The van der Waals surface area contributed by atoms with Crippen LogP contribution in [0.15, 0.2) is 18.2 Å². The van der Waals surface area contributed by atoms with Crippen LogP contribution in [0.5, 0.6) is 11.5 Å². The number of benzene rings is 1. The van der Waals surface area contributed by atoms with Crippen LogP contribution in [-0.4, -0.2) is 30.0 Å². The van der Waals surface area contributed by atoms with E-state index in [0.717, 1.165) is 31.4 Å². The highest BCUT2D eigenvalue weighted by molar-refractivity contribution is 5.41. The van der Waals surface area contributed by atoms with Crippen LogP contribution in [0.2, 0.25) is 0 Å². The summed E-state index contributed by atoms with van der Waals surface area (Å²) in [6.07, 6.45) is 2.75. The third-order valence-electron chi connectivity index (χ3n) is 3.93. The molecule has 0 radical (unpaired) electrons. The van der Waals surface area contributed by atoms with Gasteiger partial charge in [-0.1, -0.05) is 6.07 Å². The molecule has 19 heavy (non-hydrogen) atoms. The van der Waals surface area contributed by atoms with Gasteiger partial charge in [-0.3, -0.25) is 0 Å². The molecule has 0 aromatic heterocycles. The summed E-state index contributed by atoms with van der Waals surface area (Å²) in [5.41, 5.74) is 0.874. The number of phenols is 1. The van der Waals surface area contributed by atoms with Gasteiger partial charge in [0.25, 0.3) is 0 Å². The molecule has 4 heteroatoms. The molecule has 0 amide bonds. The molecule has 3 atom stereocenters. The summed E-state index contributed by atoms with van der Waals surface area (Å²) in [6, 6.07) is 5.46. The lowest BCUT2D eigenvalue weighted by Gasteiger charge is -2.18. The summed E-state index contributed by atoms with van der Waals surface area (Å²) >= 11 is 0. The zero-order chi connectivity index (χ0) is 13.8. The lowest BCUT2D eigenvalue weighted by atomic mass is 10.0. The van der Waals surface area contributed by atoms with Gasteiger partial charge in [0.1, 0.15) is 11.5 Å². The Balaban J connectivity index is 1.90. The molecule has 3 N–H and O–H groups in total. The smallest absolute Gasteiger partial charge is 0.124 e. The number of aliphatic hydroxyl groups is 1. The number of hydrogen-bond acceptors (Lipinski definition) is 4. The molecule has 0 saturated heterocycles. The van der Waals surface area contributed by atoms with Crippen LogP contribution in [0.3, 0.4) is 0 Å². The van der Waals surface area contributed by atoms with E-state index < -0.39 is 0 Å². The molecular formula is C15H23NO3. The summed E-state index contributed by atoms with van der Waals surface area (Å²) in [7, 11) is 1.58. The minimum absolute atomic E-state index is 0.0867. The van der Waals surface area contributed by atoms with Crippen LogP contribution in [0.25, 0.3) is 0 Å². The van der Waals surface area contributed by atoms with Gasteiger partial charge in [-0.25, -0.2) is 0 Å². The molecule has 0 spiro atoms. The van der Waals surface area contributed by atoms with Crippen molar-refractivity contribution < 1.29 is 14.9 Å². The zero-order valence-electron chi connectivity index (χ0n) is 11.6. The van der Waals surface area contributed by atoms with E-state index in [2.05, 4.69) is 5.32 Å². The van der Waals surface area contributed by atoms with Crippen molar-refractivity contribution in [1.29, 1.82) is 0 Å². The maximum absolute atomic E-state index is 9.97. The number of aromatic hydroxyl groups is 1. The fourth-order valence-electron chi connectivity index (χ4n) is 2.70. The Morgan fingerprint density at radius 3 is 2.79 bits per heavy atom. The average molecular weight is 265 g/mol. The van der Waals surface area contributed by atoms with Crippen LogP contribution < -0.4 is 10.1 Å². The number of methoxy groups -OCH3 is 1. The Hall–Kier alpha value is -1.26. The first-order valence-corrected chi connectivity index (χ1v) is 6.88. The van der Waals surface area contributed by atoms with E-state index in [1.807, 2.05) is 19.1 Å². The van der Waals surface area contributed by atoms with Crippen LogP contribution in [0, 0.1) is 5.92 Å². The quantitative estimate of drug-likeness (QED) is 0.764. The molecule has 0 bridgehead atoms. The fourth-order valence-corrected chi connectivity index (χ4v) is 2.70. The topological polar surface area (TPSA) is 61.7 Å². The molecule has 2 rings (SSSR count). The first-order chi connectivity index (χ1) is 9.10. The highest BCUT2D eigenvalue weighted by Crippen LogP contribution is 2.29. The number of phenolic OH excluding ortho intramolecular Hbond substituents is 1. The van der Waals surface area contributed by atoms with Crippen LogP contribution in [-0.2, 0) is 0 Å². The summed E-state index contributed by atoms with van der Waals surface area (Å²) in [5, 5.41) is 22.9. The second kappa shape index (κ2) is 6.26. The zero-order valence-corrected chi connectivity index (χ0v) is 11.6. The van der Waals surface area contributed by atoms with Crippen molar-refractivity contribution in [3.8, 4) is 11.5 Å². The monoisotopic (exact) mass is 265 g/mol. The second-order valence-electron chi connectivity index (χ2n) is 5.39. The number of aliphatic hydroxyl groups excluding tert-OH is 1. The van der Waals surface area contributed by atoms with Gasteiger partial charge in [0, 0.05) is 17.7 Å². The van der Waals surface area contributed by atoms with Crippen LogP contribution in [0.1, 0.15) is 37.8 Å². The number of ether oxygens (including phenoxy) is 1. The van der Waals surface area contributed by atoms with E-state index in [0.29, 0.717) is 11.7 Å². The summed E-state index contributed by atoms with van der Waals surface area (Å²) in [5.74, 6) is 1.45. The summed E-state index contributed by atoms with van der Waals surface area (Å²) in [6.45, 7) is 2.91. The molecule has 1 aliphatic rings. The van der Waals surface area contributed by atoms with Gasteiger partial charge < -0.3 is 20.3 Å². The van der Waals surface area contributed by atoms with E-state index in [-0.39, 0.29) is 17.9 Å². The van der Waals surface area contributed by atoms with Gasteiger partial charge in [0.2, 0.25) is 0 Å². The molecule has 106 valence electrons. The lowest BCUT2D eigenvalue weighted by Crippen LogP contribution is -2.25. The van der Waals surface area contributed by atoms with Crippen molar-refractivity contribution in [2.45, 2.75) is 38.3 Å². The predicted octanol–water partition coefficient (Wildman–Crippen LogP) is 2.21. The average Bonchev–Trinajstić information content (AvgIpc) is 2.81. The molecule has 3 unspecified atom stereocenters. The van der Waals surface area contributed by atoms with E-state index in [1.54, 1.807) is 13.2 Å². The molecular weight excluding hydrogens is 242 g/mol. The second-order valence-corrected chi connectivity index (χ2v) is 5.39. The molecule has 0 aliphatic heterocycles. The number of hydrogen-bond donors (Lipinski definition) is 3. The number of rotatable bonds is 5. The molecule has 1 aromatic carbocycles. The highest BCUT2D eigenvalue weighted by atomic mass is 16.5. The standard InChI is InChI=1S/C15H23NO3/c1-10(16-9-11-3-4-12(17)7-11)14-6-5-13(19-2)8-15(14)18/h5-6,8,10-12,16-18H,3-4,7,9H2,1-2H3. The van der Waals surface area contributed by atoms with Crippen molar-refractivity contribution in [2.24, 2.45) is 5.92 Å². The summed E-state index contributed by atoms with van der Waals surface area (Å²) < 4.78 is 5.07. The maximum Gasteiger partial charge on any atom is 0.124 e. The Kier molecular flexibility index (Phi) is 4.66. The van der Waals surface area contributed by atoms with Crippen molar-refractivity contribution >= 4 is 0 Å². The first-order valence-electron chi connectivity index (χ1n) is 6.88. The van der Waals surface area contributed by atoms with Crippen LogP contribution >= 0.6 is 0 Å². The fraction of sp³-hybridized carbons (Fsp3) is 0.600. The SMILES string of the molecule is COc1ccc(C(C)NCC2CCC(O)C2)c(O)c1. The van der Waals surface area contributed by atoms with Crippen LogP contribution in [0.4, 0.5) is 0 Å². The molecule has 1 fully saturated rings. The van der Waals surface area contributed by atoms with Crippen molar-refractivity contribution in [1.82, 2.24) is 5.32 Å². The molecule has 1 aromatic rings. The Morgan fingerprint density at radius 1 is 1.42 bits per heavy atom. The third kappa shape index (κ3) is 3.61. The van der Waals surface area contributed by atoms with E-state index >= 15 is 0 Å². The normalized spacial score (nSPS) is 24.4. The van der Waals surface area contributed by atoms with Crippen molar-refractivity contribution in [3.05, 3.63) is 23.8 Å². The molecule has 0 heterocycles.